The van der Waals surface area contributed by atoms with Crippen LogP contribution in [0.4, 0.5) is 5.95 Å². The first-order valence-corrected chi connectivity index (χ1v) is 4.81. The van der Waals surface area contributed by atoms with Crippen LogP contribution >= 0.6 is 0 Å². The second kappa shape index (κ2) is 4.08. The smallest absolute Gasteiger partial charge is 0.243 e. The second-order valence-corrected chi connectivity index (χ2v) is 3.40. The minimum atomic E-state index is 0.191. The highest BCUT2D eigenvalue weighted by Crippen LogP contribution is 2.15. The first-order valence-electron chi connectivity index (χ1n) is 4.81. The SMILES string of the molecule is CC(Nc1nnnn1C)c1ccccc1. The molecule has 0 spiro atoms. The van der Waals surface area contributed by atoms with Crippen molar-refractivity contribution in [1.29, 1.82) is 0 Å². The van der Waals surface area contributed by atoms with E-state index in [0.717, 1.165) is 0 Å². The molecular formula is C10H13N5. The van der Waals surface area contributed by atoms with Crippen LogP contribution in [0.1, 0.15) is 18.5 Å². The summed E-state index contributed by atoms with van der Waals surface area (Å²) in [5.74, 6) is 0.673. The zero-order valence-electron chi connectivity index (χ0n) is 8.75. The van der Waals surface area contributed by atoms with Gasteiger partial charge < -0.3 is 5.32 Å². The summed E-state index contributed by atoms with van der Waals surface area (Å²) >= 11 is 0. The van der Waals surface area contributed by atoms with E-state index in [1.165, 1.54) is 5.56 Å². The minimum Gasteiger partial charge on any atom is -0.347 e. The third-order valence-corrected chi connectivity index (χ3v) is 2.27. The van der Waals surface area contributed by atoms with E-state index in [2.05, 4.69) is 39.9 Å². The van der Waals surface area contributed by atoms with Crippen LogP contribution in [-0.4, -0.2) is 20.2 Å². The van der Waals surface area contributed by atoms with Crippen molar-refractivity contribution >= 4 is 5.95 Å². The highest BCUT2D eigenvalue weighted by molar-refractivity contribution is 5.30. The summed E-state index contributed by atoms with van der Waals surface area (Å²) in [6, 6.07) is 10.4. The van der Waals surface area contributed by atoms with E-state index < -0.39 is 0 Å². The molecule has 0 radical (unpaired) electrons. The molecule has 0 saturated carbocycles. The van der Waals surface area contributed by atoms with Crippen LogP contribution in [0, 0.1) is 0 Å². The lowest BCUT2D eigenvalue weighted by Gasteiger charge is -2.13. The summed E-state index contributed by atoms with van der Waals surface area (Å²) < 4.78 is 1.61. The lowest BCUT2D eigenvalue weighted by Crippen LogP contribution is -2.10. The number of nitrogens with zero attached hydrogens (tertiary/aromatic N) is 4. The fraction of sp³-hybridized carbons (Fsp3) is 0.300. The van der Waals surface area contributed by atoms with Gasteiger partial charge in [0.05, 0.1) is 6.04 Å². The lowest BCUT2D eigenvalue weighted by molar-refractivity contribution is 0.706. The summed E-state index contributed by atoms with van der Waals surface area (Å²) in [6.07, 6.45) is 0. The van der Waals surface area contributed by atoms with Gasteiger partial charge in [-0.1, -0.05) is 35.4 Å². The van der Waals surface area contributed by atoms with Crippen molar-refractivity contribution in [2.24, 2.45) is 7.05 Å². The molecule has 1 unspecified atom stereocenters. The number of benzene rings is 1. The highest BCUT2D eigenvalue weighted by Gasteiger charge is 2.08. The number of hydrogen-bond acceptors (Lipinski definition) is 4. The van der Waals surface area contributed by atoms with Crippen molar-refractivity contribution in [2.45, 2.75) is 13.0 Å². The van der Waals surface area contributed by atoms with Gasteiger partial charge in [-0.15, -0.1) is 0 Å². The van der Waals surface area contributed by atoms with E-state index in [1.54, 1.807) is 11.7 Å². The molecule has 1 aromatic heterocycles. The second-order valence-electron chi connectivity index (χ2n) is 3.40. The van der Waals surface area contributed by atoms with Crippen LogP contribution in [-0.2, 0) is 7.05 Å². The van der Waals surface area contributed by atoms with Crippen LogP contribution in [0.25, 0.3) is 0 Å². The average molecular weight is 203 g/mol. The predicted octanol–water partition coefficient (Wildman–Crippen LogP) is 1.38. The van der Waals surface area contributed by atoms with Gasteiger partial charge in [0.15, 0.2) is 0 Å². The third kappa shape index (κ3) is 2.12. The fourth-order valence-corrected chi connectivity index (χ4v) is 1.37. The van der Waals surface area contributed by atoms with E-state index in [4.69, 9.17) is 0 Å². The molecule has 0 saturated heterocycles. The van der Waals surface area contributed by atoms with Gasteiger partial charge in [0.2, 0.25) is 5.95 Å². The standard InChI is InChI=1S/C10H13N5/c1-8(9-6-4-3-5-7-9)11-10-12-13-14-15(10)2/h3-8H,1-2H3,(H,11,12,14). The number of hydrogen-bond donors (Lipinski definition) is 1. The Balaban J connectivity index is 2.11. The summed E-state index contributed by atoms with van der Waals surface area (Å²) in [6.45, 7) is 2.07. The third-order valence-electron chi connectivity index (χ3n) is 2.27. The Morgan fingerprint density at radius 3 is 2.60 bits per heavy atom. The summed E-state index contributed by atoms with van der Waals surface area (Å²) in [7, 11) is 1.81. The zero-order valence-corrected chi connectivity index (χ0v) is 8.75. The topological polar surface area (TPSA) is 55.6 Å². The van der Waals surface area contributed by atoms with Crippen molar-refractivity contribution in [3.63, 3.8) is 0 Å². The number of tetrazole rings is 1. The first-order chi connectivity index (χ1) is 7.27. The number of rotatable bonds is 3. The Morgan fingerprint density at radius 2 is 2.00 bits per heavy atom. The van der Waals surface area contributed by atoms with Gasteiger partial charge in [-0.05, 0) is 22.9 Å². The number of aromatic nitrogens is 4. The van der Waals surface area contributed by atoms with E-state index in [9.17, 15) is 0 Å². The molecule has 5 nitrogen and oxygen atoms in total. The molecule has 0 bridgehead atoms. The molecule has 0 aliphatic heterocycles. The molecule has 2 rings (SSSR count). The quantitative estimate of drug-likeness (QED) is 0.818. The minimum absolute atomic E-state index is 0.191. The molecule has 0 amide bonds. The molecular weight excluding hydrogens is 190 g/mol. The number of anilines is 1. The number of aryl methyl sites for hydroxylation is 1. The molecule has 15 heavy (non-hydrogen) atoms. The molecule has 1 atom stereocenters. The van der Waals surface area contributed by atoms with Crippen LogP contribution < -0.4 is 5.32 Å². The van der Waals surface area contributed by atoms with Crippen LogP contribution in [0.5, 0.6) is 0 Å². The van der Waals surface area contributed by atoms with Gasteiger partial charge >= 0.3 is 0 Å². The van der Waals surface area contributed by atoms with Crippen molar-refractivity contribution < 1.29 is 0 Å². The predicted molar refractivity (Wildman–Crippen MR) is 57.3 cm³/mol. The normalized spacial score (nSPS) is 12.4. The lowest BCUT2D eigenvalue weighted by atomic mass is 10.1. The largest absolute Gasteiger partial charge is 0.347 e. The summed E-state index contributed by atoms with van der Waals surface area (Å²) in [5, 5.41) is 14.4. The van der Waals surface area contributed by atoms with Crippen molar-refractivity contribution in [3.05, 3.63) is 35.9 Å². The molecule has 5 heteroatoms. The van der Waals surface area contributed by atoms with Crippen molar-refractivity contribution in [3.8, 4) is 0 Å². The Kier molecular flexibility index (Phi) is 2.62. The van der Waals surface area contributed by atoms with Gasteiger partial charge in [0.25, 0.3) is 0 Å². The van der Waals surface area contributed by atoms with E-state index >= 15 is 0 Å². The highest BCUT2D eigenvalue weighted by atomic mass is 15.6. The average Bonchev–Trinajstić information content (AvgIpc) is 2.66. The van der Waals surface area contributed by atoms with Crippen LogP contribution in [0.2, 0.25) is 0 Å². The molecule has 0 aliphatic rings. The molecule has 1 heterocycles. The Bertz CT molecular complexity index is 422. The molecule has 78 valence electrons. The summed E-state index contributed by atoms with van der Waals surface area (Å²) in [4.78, 5) is 0. The molecule has 1 N–H and O–H groups in total. The molecule has 0 fully saturated rings. The van der Waals surface area contributed by atoms with E-state index in [1.807, 2.05) is 18.2 Å². The van der Waals surface area contributed by atoms with Gasteiger partial charge in [-0.3, -0.25) is 0 Å². The first kappa shape index (κ1) is 9.64. The van der Waals surface area contributed by atoms with Crippen molar-refractivity contribution in [2.75, 3.05) is 5.32 Å². The van der Waals surface area contributed by atoms with E-state index in [0.29, 0.717) is 5.95 Å². The maximum absolute atomic E-state index is 3.87. The maximum atomic E-state index is 3.87. The van der Waals surface area contributed by atoms with Gasteiger partial charge in [-0.2, -0.15) is 0 Å². The summed E-state index contributed by atoms with van der Waals surface area (Å²) in [5.41, 5.74) is 1.21. The molecule has 2 aromatic rings. The Hall–Kier alpha value is -1.91. The maximum Gasteiger partial charge on any atom is 0.243 e. The van der Waals surface area contributed by atoms with Crippen molar-refractivity contribution in [1.82, 2.24) is 20.2 Å². The molecule has 1 aromatic carbocycles. The van der Waals surface area contributed by atoms with Gasteiger partial charge in [0, 0.05) is 7.05 Å². The van der Waals surface area contributed by atoms with Gasteiger partial charge in [0.1, 0.15) is 0 Å². The monoisotopic (exact) mass is 203 g/mol. The van der Waals surface area contributed by atoms with E-state index in [-0.39, 0.29) is 6.04 Å². The number of nitrogens with one attached hydrogen (secondary N) is 1. The van der Waals surface area contributed by atoms with Crippen LogP contribution in [0.3, 0.4) is 0 Å². The zero-order chi connectivity index (χ0) is 10.7. The fourth-order valence-electron chi connectivity index (χ4n) is 1.37. The van der Waals surface area contributed by atoms with Crippen LogP contribution in [0.15, 0.2) is 30.3 Å². The Morgan fingerprint density at radius 1 is 1.27 bits per heavy atom. The Labute approximate surface area is 88.1 Å². The molecule has 0 aliphatic carbocycles. The van der Waals surface area contributed by atoms with Gasteiger partial charge in [-0.25, -0.2) is 4.68 Å².